The Labute approximate surface area is 163 Å². The van der Waals surface area contributed by atoms with Gasteiger partial charge < -0.3 is 10.2 Å². The lowest BCUT2D eigenvalue weighted by molar-refractivity contribution is -0.121. The first-order valence-corrected chi connectivity index (χ1v) is 9.33. The first-order chi connectivity index (χ1) is 13.6. The average Bonchev–Trinajstić information content (AvgIpc) is 3.02. The lowest BCUT2D eigenvalue weighted by Crippen LogP contribution is -2.48. The van der Waals surface area contributed by atoms with Crippen molar-refractivity contribution in [2.24, 2.45) is 0 Å². The predicted molar refractivity (Wildman–Crippen MR) is 106 cm³/mol. The van der Waals surface area contributed by atoms with Gasteiger partial charge in [0.1, 0.15) is 6.17 Å². The molecule has 4 rings (SSSR count). The molecule has 0 spiro atoms. The van der Waals surface area contributed by atoms with Crippen LogP contribution in [0.2, 0.25) is 0 Å². The number of hydrogen-bond donors (Lipinski definition) is 1. The average molecular weight is 375 g/mol. The Bertz CT molecular complexity index is 969. The normalized spacial score (nSPS) is 17.1. The quantitative estimate of drug-likeness (QED) is 0.790. The van der Waals surface area contributed by atoms with Crippen LogP contribution in [0.15, 0.2) is 61.2 Å². The van der Waals surface area contributed by atoms with Gasteiger partial charge in [-0.15, -0.1) is 6.58 Å². The minimum Gasteiger partial charge on any atom is -0.353 e. The lowest BCUT2D eigenvalue weighted by atomic mass is 10.0. The fourth-order valence-corrected chi connectivity index (χ4v) is 3.88. The molecule has 2 aromatic carbocycles. The molecule has 0 aliphatic carbocycles. The molecule has 2 aromatic rings. The largest absolute Gasteiger partial charge is 0.353 e. The van der Waals surface area contributed by atoms with Crippen LogP contribution in [-0.2, 0) is 4.79 Å². The highest BCUT2D eigenvalue weighted by Gasteiger charge is 2.47. The molecule has 0 saturated heterocycles. The number of nitrogens with zero attached hydrogens (tertiary/aromatic N) is 2. The fraction of sp³-hybridized carbons (Fsp3) is 0.227. The highest BCUT2D eigenvalue weighted by molar-refractivity contribution is 6.16. The molecule has 28 heavy (non-hydrogen) atoms. The zero-order valence-electron chi connectivity index (χ0n) is 15.4. The summed E-state index contributed by atoms with van der Waals surface area (Å²) in [7, 11) is 0. The van der Waals surface area contributed by atoms with Gasteiger partial charge in [-0.1, -0.05) is 36.4 Å². The first kappa shape index (κ1) is 18.0. The Morgan fingerprint density at radius 1 is 1.04 bits per heavy atom. The molecule has 1 N–H and O–H groups in total. The number of fused-ring (bicyclic) bond motifs is 5. The van der Waals surface area contributed by atoms with E-state index < -0.39 is 6.17 Å². The van der Waals surface area contributed by atoms with Gasteiger partial charge in [0.05, 0.1) is 11.3 Å². The van der Waals surface area contributed by atoms with E-state index in [4.69, 9.17) is 0 Å². The van der Waals surface area contributed by atoms with Crippen LogP contribution in [0, 0.1) is 0 Å². The Hall–Kier alpha value is -3.41. The summed E-state index contributed by atoms with van der Waals surface area (Å²) in [6.07, 6.45) is 1.98. The summed E-state index contributed by atoms with van der Waals surface area (Å²) in [6, 6.07) is 14.6. The van der Waals surface area contributed by atoms with E-state index in [0.29, 0.717) is 42.7 Å². The molecule has 0 unspecified atom stereocenters. The molecule has 3 amide bonds. The number of anilines is 1. The van der Waals surface area contributed by atoms with Crippen molar-refractivity contribution in [3.8, 4) is 0 Å². The topological polar surface area (TPSA) is 69.7 Å². The molecule has 2 aliphatic rings. The Kier molecular flexibility index (Phi) is 4.69. The van der Waals surface area contributed by atoms with Crippen LogP contribution in [0.1, 0.15) is 45.3 Å². The van der Waals surface area contributed by atoms with E-state index in [1.807, 2.05) is 30.3 Å². The summed E-state index contributed by atoms with van der Waals surface area (Å²) < 4.78 is 0. The van der Waals surface area contributed by atoms with E-state index >= 15 is 0 Å². The van der Waals surface area contributed by atoms with E-state index in [0.717, 1.165) is 5.56 Å². The van der Waals surface area contributed by atoms with Crippen LogP contribution in [-0.4, -0.2) is 35.7 Å². The van der Waals surface area contributed by atoms with Gasteiger partial charge in [0, 0.05) is 30.6 Å². The summed E-state index contributed by atoms with van der Waals surface area (Å²) in [5.74, 6) is -0.299. The Morgan fingerprint density at radius 2 is 1.75 bits per heavy atom. The minimum absolute atomic E-state index is 0.0792. The van der Waals surface area contributed by atoms with Crippen molar-refractivity contribution in [2.45, 2.75) is 19.0 Å². The maximum Gasteiger partial charge on any atom is 0.260 e. The second-order valence-corrected chi connectivity index (χ2v) is 6.85. The highest BCUT2D eigenvalue weighted by Crippen LogP contribution is 2.45. The van der Waals surface area contributed by atoms with Crippen LogP contribution in [0.5, 0.6) is 0 Å². The molecule has 2 aliphatic heterocycles. The fourth-order valence-electron chi connectivity index (χ4n) is 3.88. The van der Waals surface area contributed by atoms with Crippen molar-refractivity contribution in [2.75, 3.05) is 18.0 Å². The van der Waals surface area contributed by atoms with Crippen LogP contribution in [0.25, 0.3) is 0 Å². The standard InChI is InChI=1S/C22H21N3O3/c1-2-13-23-19(26)12-7-14-24-20-15-8-3-4-9-16(15)22(28)25(20)18-11-6-5-10-17(18)21(24)27/h2-6,8-11,20H,1,7,12-14H2,(H,23,26)/t20-/m1/s1. The van der Waals surface area contributed by atoms with Gasteiger partial charge in [0.2, 0.25) is 5.91 Å². The molecule has 0 radical (unpaired) electrons. The van der Waals surface area contributed by atoms with Gasteiger partial charge >= 0.3 is 0 Å². The zero-order valence-corrected chi connectivity index (χ0v) is 15.4. The summed E-state index contributed by atoms with van der Waals surface area (Å²) >= 11 is 0. The summed E-state index contributed by atoms with van der Waals surface area (Å²) in [5.41, 5.74) is 2.59. The predicted octanol–water partition coefficient (Wildman–Crippen LogP) is 2.88. The summed E-state index contributed by atoms with van der Waals surface area (Å²) in [6.45, 7) is 4.39. The van der Waals surface area contributed by atoms with Gasteiger partial charge in [0.25, 0.3) is 11.8 Å². The van der Waals surface area contributed by atoms with Crippen molar-refractivity contribution in [3.63, 3.8) is 0 Å². The van der Waals surface area contributed by atoms with Gasteiger partial charge in [-0.3, -0.25) is 19.3 Å². The first-order valence-electron chi connectivity index (χ1n) is 9.33. The molecule has 0 saturated carbocycles. The number of rotatable bonds is 6. The second kappa shape index (κ2) is 7.31. The van der Waals surface area contributed by atoms with Crippen LogP contribution in [0.3, 0.4) is 0 Å². The molecule has 0 bridgehead atoms. The van der Waals surface area contributed by atoms with Crippen molar-refractivity contribution >= 4 is 23.4 Å². The minimum atomic E-state index is -0.470. The molecular weight excluding hydrogens is 354 g/mol. The number of para-hydroxylation sites is 1. The zero-order chi connectivity index (χ0) is 19.7. The van der Waals surface area contributed by atoms with Crippen LogP contribution >= 0.6 is 0 Å². The van der Waals surface area contributed by atoms with Gasteiger partial charge in [-0.05, 0) is 24.6 Å². The smallest absolute Gasteiger partial charge is 0.260 e. The maximum absolute atomic E-state index is 13.2. The summed E-state index contributed by atoms with van der Waals surface area (Å²) in [5, 5.41) is 2.74. The highest BCUT2D eigenvalue weighted by atomic mass is 16.2. The third-order valence-corrected chi connectivity index (χ3v) is 5.13. The molecule has 6 nitrogen and oxygen atoms in total. The SMILES string of the molecule is C=CCNC(=O)CCCN1C(=O)c2ccccc2N2C(=O)c3ccccc3[C@H]12. The maximum atomic E-state index is 13.2. The number of carbonyl (C=O) groups is 3. The number of hydrogen-bond acceptors (Lipinski definition) is 3. The van der Waals surface area contributed by atoms with Gasteiger partial charge in [0.15, 0.2) is 0 Å². The molecule has 2 heterocycles. The second-order valence-electron chi connectivity index (χ2n) is 6.85. The van der Waals surface area contributed by atoms with Crippen molar-refractivity contribution in [1.29, 1.82) is 0 Å². The molecule has 0 aromatic heterocycles. The van der Waals surface area contributed by atoms with E-state index in [-0.39, 0.29) is 17.7 Å². The lowest BCUT2D eigenvalue weighted by Gasteiger charge is -2.41. The number of carbonyl (C=O) groups excluding carboxylic acids is 3. The van der Waals surface area contributed by atoms with Crippen molar-refractivity contribution in [1.82, 2.24) is 10.2 Å². The van der Waals surface area contributed by atoms with Gasteiger partial charge in [-0.25, -0.2) is 0 Å². The van der Waals surface area contributed by atoms with E-state index in [1.165, 1.54) is 0 Å². The van der Waals surface area contributed by atoms with Crippen molar-refractivity contribution in [3.05, 3.63) is 77.9 Å². The number of benzene rings is 2. The number of nitrogens with one attached hydrogen (secondary N) is 1. The third kappa shape index (κ3) is 2.87. The Morgan fingerprint density at radius 3 is 2.54 bits per heavy atom. The van der Waals surface area contributed by atoms with Crippen LogP contribution < -0.4 is 10.2 Å². The molecule has 6 heteroatoms. The Balaban J connectivity index is 1.64. The molecule has 0 fully saturated rings. The van der Waals surface area contributed by atoms with Crippen molar-refractivity contribution < 1.29 is 14.4 Å². The van der Waals surface area contributed by atoms with Crippen LogP contribution in [0.4, 0.5) is 5.69 Å². The third-order valence-electron chi connectivity index (χ3n) is 5.13. The molecule has 1 atom stereocenters. The summed E-state index contributed by atoms with van der Waals surface area (Å²) in [4.78, 5) is 41.5. The number of amides is 3. The monoisotopic (exact) mass is 375 g/mol. The van der Waals surface area contributed by atoms with E-state index in [9.17, 15) is 14.4 Å². The molecule has 142 valence electrons. The van der Waals surface area contributed by atoms with E-state index in [1.54, 1.807) is 34.1 Å². The molecular formula is C22H21N3O3. The van der Waals surface area contributed by atoms with E-state index in [2.05, 4.69) is 11.9 Å². The van der Waals surface area contributed by atoms with Gasteiger partial charge in [-0.2, -0.15) is 0 Å².